The summed E-state index contributed by atoms with van der Waals surface area (Å²) < 4.78 is 47.7. The summed E-state index contributed by atoms with van der Waals surface area (Å²) in [5.41, 5.74) is 0.637. The molecule has 2 aliphatic heterocycles. The number of hydrogen-bond donors (Lipinski definition) is 0. The normalized spacial score (nSPS) is 22.6. The van der Waals surface area contributed by atoms with E-state index in [9.17, 15) is 18.0 Å². The first-order valence-electron chi connectivity index (χ1n) is 11.2. The number of amides is 1. The molecule has 10 heteroatoms. The fraction of sp³-hybridized carbons (Fsp3) is 0.542. The molecule has 0 unspecified atom stereocenters. The zero-order chi connectivity index (χ0) is 24.7. The molecule has 4 rings (SSSR count). The highest BCUT2D eigenvalue weighted by molar-refractivity contribution is 5.76. The summed E-state index contributed by atoms with van der Waals surface area (Å²) in [4.78, 5) is 16.8. The van der Waals surface area contributed by atoms with Gasteiger partial charge in [-0.3, -0.25) is 9.48 Å². The van der Waals surface area contributed by atoms with Crippen molar-refractivity contribution in [1.82, 2.24) is 14.7 Å². The van der Waals surface area contributed by atoms with Crippen molar-refractivity contribution in [2.24, 2.45) is 11.3 Å². The van der Waals surface area contributed by atoms with Gasteiger partial charge < -0.3 is 14.5 Å². The lowest BCUT2D eigenvalue weighted by atomic mass is 9.73. The lowest BCUT2D eigenvalue weighted by molar-refractivity contribution is -0.138. The molecule has 2 atom stereocenters. The number of anilines is 1. The summed E-state index contributed by atoms with van der Waals surface area (Å²) in [6, 6.07) is 7.41. The molecule has 1 aromatic heterocycles. The Morgan fingerprint density at radius 1 is 1.29 bits per heavy atom. The number of rotatable bonds is 5. The Morgan fingerprint density at radius 3 is 2.68 bits per heavy atom. The number of halogens is 3. The molecule has 0 radical (unpaired) electrons. The third-order valence-corrected chi connectivity index (χ3v) is 7.10. The maximum Gasteiger partial charge on any atom is 0.417 e. The Balaban J connectivity index is 1.54. The van der Waals surface area contributed by atoms with Crippen LogP contribution in [-0.4, -0.2) is 60.5 Å². The van der Waals surface area contributed by atoms with Crippen LogP contribution in [-0.2, 0) is 22.3 Å². The van der Waals surface area contributed by atoms with Crippen LogP contribution in [0.1, 0.15) is 28.9 Å². The number of alkyl halides is 3. The van der Waals surface area contributed by atoms with Crippen LogP contribution >= 0.6 is 0 Å². The molecule has 2 saturated heterocycles. The monoisotopic (exact) mass is 475 g/mol. The first-order chi connectivity index (χ1) is 16.1. The first-order valence-corrected chi connectivity index (χ1v) is 11.2. The molecule has 0 saturated carbocycles. The van der Waals surface area contributed by atoms with Crippen LogP contribution in [0.4, 0.5) is 18.9 Å². The minimum absolute atomic E-state index is 0.0200. The fourth-order valence-corrected chi connectivity index (χ4v) is 5.35. The smallest absolute Gasteiger partial charge is 0.384 e. The number of piperidine rings is 1. The maximum absolute atomic E-state index is 13.5. The van der Waals surface area contributed by atoms with Crippen molar-refractivity contribution < 1.29 is 22.7 Å². The summed E-state index contributed by atoms with van der Waals surface area (Å²) in [7, 11) is 1.62. The Labute approximate surface area is 196 Å². The van der Waals surface area contributed by atoms with Crippen molar-refractivity contribution >= 4 is 11.6 Å². The molecule has 0 N–H and O–H groups in total. The summed E-state index contributed by atoms with van der Waals surface area (Å²) in [6.07, 6.45) is -3.91. The van der Waals surface area contributed by atoms with Crippen molar-refractivity contribution in [1.29, 1.82) is 5.26 Å². The molecule has 1 amide bonds. The molecule has 0 aliphatic carbocycles. The maximum atomic E-state index is 13.5. The van der Waals surface area contributed by atoms with E-state index < -0.39 is 11.7 Å². The standard InChI is InChI=1S/C24H28F3N5O2/c1-16-8-17(2)32(29-16)13-22(33)30-7-6-23(15-34-3)14-31(12-19(23)11-30)20-5-4-18(10-28)21(9-20)24(25,26)27/h4-5,8-9,19H,6-7,11-15H2,1-3H3/t19-,23+/m1/s1. The lowest BCUT2D eigenvalue weighted by Gasteiger charge is -2.43. The van der Waals surface area contributed by atoms with Crippen LogP contribution in [0.25, 0.3) is 0 Å². The quantitative estimate of drug-likeness (QED) is 0.663. The number of likely N-dealkylation sites (tertiary alicyclic amines) is 1. The summed E-state index contributed by atoms with van der Waals surface area (Å²) in [5, 5.41) is 13.5. The van der Waals surface area contributed by atoms with E-state index in [1.807, 2.05) is 29.7 Å². The molecule has 2 aliphatic rings. The van der Waals surface area contributed by atoms with Gasteiger partial charge >= 0.3 is 6.18 Å². The minimum atomic E-state index is -4.61. The van der Waals surface area contributed by atoms with E-state index in [1.54, 1.807) is 23.9 Å². The minimum Gasteiger partial charge on any atom is -0.384 e. The number of fused-ring (bicyclic) bond motifs is 1. The van der Waals surface area contributed by atoms with E-state index in [0.717, 1.165) is 17.5 Å². The number of carbonyl (C=O) groups excluding carboxylic acids is 1. The van der Waals surface area contributed by atoms with E-state index in [0.29, 0.717) is 44.9 Å². The third-order valence-electron chi connectivity index (χ3n) is 7.10. The number of carbonyl (C=O) groups is 1. The molecular weight excluding hydrogens is 447 g/mol. The number of ether oxygens (including phenoxy) is 1. The Hall–Kier alpha value is -3.06. The predicted molar refractivity (Wildman–Crippen MR) is 119 cm³/mol. The highest BCUT2D eigenvalue weighted by Crippen LogP contribution is 2.45. The predicted octanol–water partition coefficient (Wildman–Crippen LogP) is 3.39. The third kappa shape index (κ3) is 4.49. The molecule has 182 valence electrons. The average Bonchev–Trinajstić information content (AvgIpc) is 3.31. The van der Waals surface area contributed by atoms with Crippen LogP contribution in [0.5, 0.6) is 0 Å². The highest BCUT2D eigenvalue weighted by atomic mass is 19.4. The van der Waals surface area contributed by atoms with Crippen LogP contribution in [0.2, 0.25) is 0 Å². The Morgan fingerprint density at radius 2 is 2.06 bits per heavy atom. The van der Waals surface area contributed by atoms with Crippen LogP contribution < -0.4 is 4.90 Å². The van der Waals surface area contributed by atoms with Gasteiger partial charge in [-0.25, -0.2) is 0 Å². The molecule has 0 bridgehead atoms. The van der Waals surface area contributed by atoms with Gasteiger partial charge in [0.15, 0.2) is 0 Å². The van der Waals surface area contributed by atoms with Crippen molar-refractivity contribution in [3.05, 3.63) is 46.8 Å². The van der Waals surface area contributed by atoms with E-state index in [-0.39, 0.29) is 29.3 Å². The second-order valence-electron chi connectivity index (χ2n) is 9.39. The molecule has 2 aromatic rings. The first kappa shape index (κ1) is 24.1. The number of nitrogens with zero attached hydrogens (tertiary/aromatic N) is 5. The van der Waals surface area contributed by atoms with E-state index in [2.05, 4.69) is 5.10 Å². The van der Waals surface area contributed by atoms with Crippen molar-refractivity contribution in [3.63, 3.8) is 0 Å². The van der Waals surface area contributed by atoms with Gasteiger partial charge in [0.25, 0.3) is 0 Å². The number of aromatic nitrogens is 2. The van der Waals surface area contributed by atoms with Gasteiger partial charge in [-0.15, -0.1) is 0 Å². The Bertz CT molecular complexity index is 1120. The van der Waals surface area contributed by atoms with E-state index >= 15 is 0 Å². The number of hydrogen-bond acceptors (Lipinski definition) is 5. The zero-order valence-electron chi connectivity index (χ0n) is 19.5. The lowest BCUT2D eigenvalue weighted by Crippen LogP contribution is -2.51. The van der Waals surface area contributed by atoms with E-state index in [1.165, 1.54) is 6.07 Å². The SMILES string of the molecule is COC[C@@]12CCN(C(=O)Cn3nc(C)cc3C)C[C@@H]1CN(c1ccc(C#N)c(C(F)(F)F)c1)C2. The summed E-state index contributed by atoms with van der Waals surface area (Å²) >= 11 is 0. The van der Waals surface area contributed by atoms with Gasteiger partial charge in [-0.1, -0.05) is 0 Å². The van der Waals surface area contributed by atoms with Gasteiger partial charge in [0, 0.05) is 56.0 Å². The molecule has 1 aromatic carbocycles. The summed E-state index contributed by atoms with van der Waals surface area (Å²) in [6.45, 7) is 6.55. The number of nitriles is 1. The van der Waals surface area contributed by atoms with Crippen LogP contribution in [0.15, 0.2) is 24.3 Å². The Kier molecular flexibility index (Phi) is 6.34. The summed E-state index contributed by atoms with van der Waals surface area (Å²) in [5.74, 6) is 0.0315. The van der Waals surface area contributed by atoms with E-state index in [4.69, 9.17) is 10.00 Å². The molecule has 7 nitrogen and oxygen atoms in total. The molecule has 34 heavy (non-hydrogen) atoms. The van der Waals surface area contributed by atoms with Crippen LogP contribution in [0.3, 0.4) is 0 Å². The molecular formula is C24H28F3N5O2. The average molecular weight is 476 g/mol. The zero-order valence-corrected chi connectivity index (χ0v) is 19.5. The van der Waals surface area contributed by atoms with Crippen molar-refractivity contribution in [2.45, 2.75) is 33.0 Å². The largest absolute Gasteiger partial charge is 0.417 e. The van der Waals surface area contributed by atoms with Crippen molar-refractivity contribution in [3.8, 4) is 6.07 Å². The number of methoxy groups -OCH3 is 1. The van der Waals surface area contributed by atoms with Crippen LogP contribution in [0, 0.1) is 36.5 Å². The second-order valence-corrected chi connectivity index (χ2v) is 9.39. The van der Waals surface area contributed by atoms with Crippen molar-refractivity contribution in [2.75, 3.05) is 44.8 Å². The molecule has 0 spiro atoms. The van der Waals surface area contributed by atoms with Gasteiger partial charge in [-0.05, 0) is 44.5 Å². The van der Waals surface area contributed by atoms with Gasteiger partial charge in [-0.2, -0.15) is 23.5 Å². The second kappa shape index (κ2) is 8.95. The highest BCUT2D eigenvalue weighted by Gasteiger charge is 2.50. The number of benzene rings is 1. The number of aryl methyl sites for hydroxylation is 2. The molecule has 3 heterocycles. The fourth-order valence-electron chi connectivity index (χ4n) is 5.35. The van der Waals surface area contributed by atoms with Gasteiger partial charge in [0.1, 0.15) is 6.54 Å². The van der Waals surface area contributed by atoms with Gasteiger partial charge in [0.05, 0.1) is 29.5 Å². The van der Waals surface area contributed by atoms with Gasteiger partial charge in [0.2, 0.25) is 5.91 Å². The molecule has 2 fully saturated rings. The topological polar surface area (TPSA) is 74.4 Å².